The van der Waals surface area contributed by atoms with Crippen LogP contribution in [0.4, 0.5) is 0 Å². The SMILES string of the molecule is CCOC(=O)CC(O[Si](C)(C)C)(c1ccccc1)c1ccccc1. The Morgan fingerprint density at radius 2 is 1.38 bits per heavy atom. The summed E-state index contributed by atoms with van der Waals surface area (Å²) in [6.07, 6.45) is 0.166. The number of carbonyl (C=O) groups excluding carboxylic acids is 1. The minimum Gasteiger partial charge on any atom is -0.466 e. The van der Waals surface area contributed by atoms with Gasteiger partial charge in [-0.25, -0.2) is 0 Å². The highest BCUT2D eigenvalue weighted by molar-refractivity contribution is 6.69. The summed E-state index contributed by atoms with van der Waals surface area (Å²) in [5.74, 6) is -0.247. The second-order valence-electron chi connectivity index (χ2n) is 6.76. The number of carbonyl (C=O) groups is 1. The van der Waals surface area contributed by atoms with Gasteiger partial charge in [0.1, 0.15) is 5.60 Å². The summed E-state index contributed by atoms with van der Waals surface area (Å²) in [4.78, 5) is 12.4. The molecule has 0 saturated carbocycles. The van der Waals surface area contributed by atoms with Gasteiger partial charge >= 0.3 is 5.97 Å². The molecule has 0 aliphatic carbocycles. The van der Waals surface area contributed by atoms with Crippen LogP contribution in [0.2, 0.25) is 19.6 Å². The number of benzene rings is 2. The summed E-state index contributed by atoms with van der Waals surface area (Å²) in [5, 5.41) is 0. The average Bonchev–Trinajstić information content (AvgIpc) is 2.55. The first-order valence-corrected chi connectivity index (χ1v) is 11.7. The number of esters is 1. The van der Waals surface area contributed by atoms with E-state index >= 15 is 0 Å². The standard InChI is InChI=1S/C20H26O3Si/c1-5-22-19(21)16-20(23-24(2,3)4,17-12-8-6-9-13-17)18-14-10-7-11-15-18/h6-15H,5,16H2,1-4H3. The minimum absolute atomic E-state index is 0.166. The van der Waals surface area contributed by atoms with Crippen LogP contribution in [0, 0.1) is 0 Å². The molecule has 0 spiro atoms. The monoisotopic (exact) mass is 342 g/mol. The third-order valence-corrected chi connectivity index (χ3v) is 4.62. The van der Waals surface area contributed by atoms with E-state index in [1.807, 2.05) is 67.6 Å². The number of ether oxygens (including phenoxy) is 1. The lowest BCUT2D eigenvalue weighted by molar-refractivity contribution is -0.147. The summed E-state index contributed by atoms with van der Waals surface area (Å²) in [5.41, 5.74) is 1.14. The quantitative estimate of drug-likeness (QED) is 0.539. The van der Waals surface area contributed by atoms with E-state index in [9.17, 15) is 4.79 Å². The Balaban J connectivity index is 2.61. The van der Waals surface area contributed by atoms with Gasteiger partial charge in [0.2, 0.25) is 0 Å². The highest BCUT2D eigenvalue weighted by atomic mass is 28.4. The lowest BCUT2D eigenvalue weighted by Gasteiger charge is -2.39. The Morgan fingerprint density at radius 1 is 0.917 bits per heavy atom. The molecule has 0 fully saturated rings. The van der Waals surface area contributed by atoms with Gasteiger partial charge in [0.15, 0.2) is 8.32 Å². The van der Waals surface area contributed by atoms with Crippen LogP contribution in [0.3, 0.4) is 0 Å². The van der Waals surface area contributed by atoms with Crippen LogP contribution in [0.1, 0.15) is 24.5 Å². The summed E-state index contributed by atoms with van der Waals surface area (Å²) in [7, 11) is -1.96. The molecule has 128 valence electrons. The number of hydrogen-bond donors (Lipinski definition) is 0. The molecule has 0 aliphatic heterocycles. The fourth-order valence-corrected chi connectivity index (χ4v) is 4.23. The predicted molar refractivity (Wildman–Crippen MR) is 99.3 cm³/mol. The van der Waals surface area contributed by atoms with Gasteiger partial charge in [0.05, 0.1) is 13.0 Å². The van der Waals surface area contributed by atoms with Crippen LogP contribution >= 0.6 is 0 Å². The molecule has 0 aromatic heterocycles. The maximum Gasteiger partial charge on any atom is 0.309 e. The zero-order chi connectivity index (χ0) is 17.6. The molecule has 24 heavy (non-hydrogen) atoms. The lowest BCUT2D eigenvalue weighted by Crippen LogP contribution is -2.43. The summed E-state index contributed by atoms with van der Waals surface area (Å²) >= 11 is 0. The second-order valence-corrected chi connectivity index (χ2v) is 11.2. The first kappa shape index (κ1) is 18.4. The van der Waals surface area contributed by atoms with Crippen molar-refractivity contribution >= 4 is 14.3 Å². The molecule has 2 aromatic rings. The van der Waals surface area contributed by atoms with Gasteiger partial charge in [-0.15, -0.1) is 0 Å². The van der Waals surface area contributed by atoms with Gasteiger partial charge in [0, 0.05) is 0 Å². The fourth-order valence-electron chi connectivity index (χ4n) is 2.88. The fraction of sp³-hybridized carbons (Fsp3) is 0.350. The zero-order valence-electron chi connectivity index (χ0n) is 14.9. The molecule has 0 N–H and O–H groups in total. The third-order valence-electron chi connectivity index (χ3n) is 3.66. The van der Waals surface area contributed by atoms with Crippen molar-refractivity contribution < 1.29 is 14.0 Å². The summed E-state index contributed by atoms with van der Waals surface area (Å²) < 4.78 is 11.9. The molecular formula is C20H26O3Si. The molecule has 0 amide bonds. The van der Waals surface area contributed by atoms with Gasteiger partial charge < -0.3 is 9.16 Å². The lowest BCUT2D eigenvalue weighted by atomic mass is 9.83. The van der Waals surface area contributed by atoms with Crippen LogP contribution in [0.15, 0.2) is 60.7 Å². The van der Waals surface area contributed by atoms with E-state index in [0.717, 1.165) is 11.1 Å². The summed E-state index contributed by atoms with van der Waals surface area (Å²) in [6.45, 7) is 8.60. The van der Waals surface area contributed by atoms with Crippen molar-refractivity contribution in [3.8, 4) is 0 Å². The first-order valence-electron chi connectivity index (χ1n) is 8.34. The molecule has 0 unspecified atom stereocenters. The van der Waals surface area contributed by atoms with Crippen LogP contribution in [0.5, 0.6) is 0 Å². The molecule has 0 radical (unpaired) electrons. The van der Waals surface area contributed by atoms with Gasteiger partial charge in [-0.05, 0) is 37.7 Å². The van der Waals surface area contributed by atoms with Crippen molar-refractivity contribution in [2.24, 2.45) is 0 Å². The first-order chi connectivity index (χ1) is 11.4. The number of hydrogen-bond acceptors (Lipinski definition) is 3. The molecule has 3 nitrogen and oxygen atoms in total. The highest BCUT2D eigenvalue weighted by Crippen LogP contribution is 2.39. The minimum atomic E-state index is -1.96. The smallest absolute Gasteiger partial charge is 0.309 e. The van der Waals surface area contributed by atoms with E-state index in [1.165, 1.54) is 0 Å². The Hall–Kier alpha value is -1.91. The van der Waals surface area contributed by atoms with Gasteiger partial charge in [-0.2, -0.15) is 0 Å². The van der Waals surface area contributed by atoms with Crippen LogP contribution in [-0.4, -0.2) is 20.9 Å². The van der Waals surface area contributed by atoms with Crippen molar-refractivity contribution in [3.05, 3.63) is 71.8 Å². The second kappa shape index (κ2) is 7.77. The zero-order valence-corrected chi connectivity index (χ0v) is 15.9. The normalized spacial score (nSPS) is 12.0. The maximum atomic E-state index is 12.4. The molecule has 2 aromatic carbocycles. The Labute approximate surface area is 145 Å². The maximum absolute atomic E-state index is 12.4. The number of rotatable bonds is 7. The topological polar surface area (TPSA) is 35.5 Å². The van der Waals surface area contributed by atoms with E-state index in [0.29, 0.717) is 6.61 Å². The van der Waals surface area contributed by atoms with Crippen LogP contribution < -0.4 is 0 Å². The van der Waals surface area contributed by atoms with E-state index < -0.39 is 13.9 Å². The van der Waals surface area contributed by atoms with Gasteiger partial charge in [0.25, 0.3) is 0 Å². The van der Waals surface area contributed by atoms with Gasteiger partial charge in [-0.3, -0.25) is 4.79 Å². The van der Waals surface area contributed by atoms with Crippen molar-refractivity contribution in [3.63, 3.8) is 0 Å². The van der Waals surface area contributed by atoms with Crippen molar-refractivity contribution in [2.45, 2.75) is 38.6 Å². The van der Waals surface area contributed by atoms with Crippen molar-refractivity contribution in [1.82, 2.24) is 0 Å². The van der Waals surface area contributed by atoms with E-state index in [1.54, 1.807) is 0 Å². The molecule has 0 heterocycles. The molecule has 2 rings (SSSR count). The third kappa shape index (κ3) is 4.55. The molecule has 0 bridgehead atoms. The Kier molecular flexibility index (Phi) is 5.97. The molecule has 0 aliphatic rings. The van der Waals surface area contributed by atoms with E-state index in [-0.39, 0.29) is 12.4 Å². The molecule has 0 saturated heterocycles. The molecular weight excluding hydrogens is 316 g/mol. The van der Waals surface area contributed by atoms with Crippen LogP contribution in [-0.2, 0) is 19.6 Å². The highest BCUT2D eigenvalue weighted by Gasteiger charge is 2.41. The van der Waals surface area contributed by atoms with Crippen LogP contribution in [0.25, 0.3) is 0 Å². The van der Waals surface area contributed by atoms with Crippen molar-refractivity contribution in [1.29, 1.82) is 0 Å². The van der Waals surface area contributed by atoms with Crippen molar-refractivity contribution in [2.75, 3.05) is 6.61 Å². The Morgan fingerprint density at radius 3 is 1.75 bits per heavy atom. The summed E-state index contributed by atoms with van der Waals surface area (Å²) in [6, 6.07) is 19.9. The molecule has 4 heteroatoms. The Bertz CT molecular complexity index is 608. The average molecular weight is 343 g/mol. The predicted octanol–water partition coefficient (Wildman–Crippen LogP) is 4.73. The van der Waals surface area contributed by atoms with Gasteiger partial charge in [-0.1, -0.05) is 60.7 Å². The van der Waals surface area contributed by atoms with E-state index in [2.05, 4.69) is 19.6 Å². The molecule has 0 atom stereocenters. The van der Waals surface area contributed by atoms with E-state index in [4.69, 9.17) is 9.16 Å². The largest absolute Gasteiger partial charge is 0.466 e.